The van der Waals surface area contributed by atoms with Crippen molar-refractivity contribution >= 4 is 11.9 Å². The van der Waals surface area contributed by atoms with Crippen LogP contribution in [0.15, 0.2) is 85.1 Å². The molecule has 0 rings (SSSR count). The van der Waals surface area contributed by atoms with Crippen LogP contribution in [0.2, 0.25) is 0 Å². The SMILES string of the molecule is CC/C=C/C=C/C=C\C=C/C=C/CCCCCC(=O)OC(CCCCC/C=C/C=C/CCCCCCCCC)CC(=O)NC(CO)C(O)CCCCCCCCCCCC. The highest BCUT2D eigenvalue weighted by atomic mass is 16.5. The summed E-state index contributed by atoms with van der Waals surface area (Å²) in [6.07, 6.45) is 60.7. The Morgan fingerprint density at radius 2 is 0.900 bits per heavy atom. The first-order chi connectivity index (χ1) is 29.5. The second kappa shape index (κ2) is 47.1. The Labute approximate surface area is 370 Å². The molecule has 3 atom stereocenters. The smallest absolute Gasteiger partial charge is 0.306 e. The fourth-order valence-corrected chi connectivity index (χ4v) is 7.09. The van der Waals surface area contributed by atoms with Gasteiger partial charge in [0.05, 0.1) is 25.2 Å². The van der Waals surface area contributed by atoms with E-state index in [0.717, 1.165) is 83.5 Å². The van der Waals surface area contributed by atoms with Crippen molar-refractivity contribution in [2.75, 3.05) is 6.61 Å². The molecule has 0 heterocycles. The Morgan fingerprint density at radius 3 is 1.40 bits per heavy atom. The maximum absolute atomic E-state index is 13.2. The van der Waals surface area contributed by atoms with E-state index in [1.807, 2.05) is 42.5 Å². The molecule has 0 aromatic carbocycles. The number of aliphatic hydroxyl groups excluding tert-OH is 2. The van der Waals surface area contributed by atoms with Crippen LogP contribution in [0.5, 0.6) is 0 Å². The zero-order valence-electron chi connectivity index (χ0n) is 39.1. The van der Waals surface area contributed by atoms with Crippen LogP contribution in [0.25, 0.3) is 0 Å². The van der Waals surface area contributed by atoms with E-state index in [1.165, 1.54) is 89.9 Å². The van der Waals surface area contributed by atoms with Crippen LogP contribution in [-0.2, 0) is 14.3 Å². The van der Waals surface area contributed by atoms with Crippen molar-refractivity contribution in [3.8, 4) is 0 Å². The van der Waals surface area contributed by atoms with E-state index in [1.54, 1.807) is 0 Å². The zero-order chi connectivity index (χ0) is 43.8. The molecule has 0 aliphatic rings. The van der Waals surface area contributed by atoms with Gasteiger partial charge in [0.2, 0.25) is 5.91 Å². The van der Waals surface area contributed by atoms with Gasteiger partial charge < -0.3 is 20.3 Å². The predicted molar refractivity (Wildman–Crippen MR) is 259 cm³/mol. The summed E-state index contributed by atoms with van der Waals surface area (Å²) in [5, 5.41) is 23.7. The third-order valence-electron chi connectivity index (χ3n) is 10.9. The zero-order valence-corrected chi connectivity index (χ0v) is 39.1. The fraction of sp³-hybridized carbons (Fsp3) is 0.704. The van der Waals surface area contributed by atoms with Crippen LogP contribution in [0.1, 0.15) is 220 Å². The van der Waals surface area contributed by atoms with E-state index in [2.05, 4.69) is 68.6 Å². The molecule has 344 valence electrons. The van der Waals surface area contributed by atoms with E-state index in [-0.39, 0.29) is 24.9 Å². The van der Waals surface area contributed by atoms with Crippen molar-refractivity contribution in [3.05, 3.63) is 85.1 Å². The van der Waals surface area contributed by atoms with Crippen molar-refractivity contribution in [2.24, 2.45) is 0 Å². The number of aliphatic hydroxyl groups is 2. The van der Waals surface area contributed by atoms with Crippen LogP contribution in [0.3, 0.4) is 0 Å². The molecule has 0 radical (unpaired) electrons. The highest BCUT2D eigenvalue weighted by molar-refractivity contribution is 5.77. The van der Waals surface area contributed by atoms with E-state index in [0.29, 0.717) is 19.3 Å². The van der Waals surface area contributed by atoms with Gasteiger partial charge in [0.15, 0.2) is 0 Å². The molecule has 6 heteroatoms. The second-order valence-corrected chi connectivity index (χ2v) is 16.6. The molecule has 60 heavy (non-hydrogen) atoms. The monoisotopic (exact) mass is 836 g/mol. The fourth-order valence-electron chi connectivity index (χ4n) is 7.09. The first kappa shape index (κ1) is 57.0. The topological polar surface area (TPSA) is 95.9 Å². The van der Waals surface area contributed by atoms with Crippen LogP contribution >= 0.6 is 0 Å². The lowest BCUT2D eigenvalue weighted by Gasteiger charge is -2.24. The lowest BCUT2D eigenvalue weighted by Crippen LogP contribution is -2.46. The van der Waals surface area contributed by atoms with E-state index in [9.17, 15) is 19.8 Å². The maximum Gasteiger partial charge on any atom is 0.306 e. The van der Waals surface area contributed by atoms with Gasteiger partial charge in [-0.3, -0.25) is 9.59 Å². The van der Waals surface area contributed by atoms with Gasteiger partial charge in [-0.1, -0.05) is 221 Å². The van der Waals surface area contributed by atoms with Gasteiger partial charge >= 0.3 is 5.97 Å². The van der Waals surface area contributed by atoms with Crippen molar-refractivity contribution in [2.45, 2.75) is 238 Å². The first-order valence-corrected chi connectivity index (χ1v) is 24.9. The summed E-state index contributed by atoms with van der Waals surface area (Å²) in [6.45, 7) is 6.30. The van der Waals surface area contributed by atoms with Crippen molar-refractivity contribution in [1.82, 2.24) is 5.32 Å². The molecule has 0 aromatic heterocycles. The minimum absolute atomic E-state index is 0.0380. The minimum atomic E-state index is -0.805. The number of rotatable bonds is 43. The molecule has 3 N–H and O–H groups in total. The summed E-state index contributed by atoms with van der Waals surface area (Å²) in [5.41, 5.74) is 0. The Kier molecular flexibility index (Phi) is 44.8. The average molecular weight is 836 g/mol. The van der Waals surface area contributed by atoms with E-state index < -0.39 is 18.2 Å². The molecule has 1 amide bonds. The van der Waals surface area contributed by atoms with Gasteiger partial charge in [-0.25, -0.2) is 0 Å². The van der Waals surface area contributed by atoms with Crippen molar-refractivity contribution in [1.29, 1.82) is 0 Å². The summed E-state index contributed by atoms with van der Waals surface area (Å²) in [7, 11) is 0. The molecule has 0 saturated heterocycles. The van der Waals surface area contributed by atoms with Crippen LogP contribution in [-0.4, -0.2) is 46.9 Å². The van der Waals surface area contributed by atoms with Gasteiger partial charge in [-0.2, -0.15) is 0 Å². The summed E-state index contributed by atoms with van der Waals surface area (Å²) in [4.78, 5) is 26.1. The van der Waals surface area contributed by atoms with Crippen LogP contribution in [0.4, 0.5) is 0 Å². The highest BCUT2D eigenvalue weighted by Crippen LogP contribution is 2.17. The number of esters is 1. The summed E-state index contributed by atoms with van der Waals surface area (Å²) >= 11 is 0. The summed E-state index contributed by atoms with van der Waals surface area (Å²) in [6, 6.07) is -0.722. The number of hydrogen-bond acceptors (Lipinski definition) is 5. The van der Waals surface area contributed by atoms with Crippen molar-refractivity contribution in [3.63, 3.8) is 0 Å². The summed E-state index contributed by atoms with van der Waals surface area (Å²) in [5.74, 6) is -0.555. The number of nitrogens with one attached hydrogen (secondary N) is 1. The second-order valence-electron chi connectivity index (χ2n) is 16.6. The normalized spacial score (nSPS) is 14.0. The predicted octanol–water partition coefficient (Wildman–Crippen LogP) is 14.8. The molecule has 0 aliphatic carbocycles. The molecule has 0 fully saturated rings. The van der Waals surface area contributed by atoms with Crippen LogP contribution < -0.4 is 5.32 Å². The Hall–Kier alpha value is -2.96. The number of carbonyl (C=O) groups excluding carboxylic acids is 2. The number of carbonyl (C=O) groups is 2. The highest BCUT2D eigenvalue weighted by Gasteiger charge is 2.24. The largest absolute Gasteiger partial charge is 0.462 e. The quantitative estimate of drug-likeness (QED) is 0.0323. The number of ether oxygens (including phenoxy) is 1. The van der Waals surface area contributed by atoms with Gasteiger partial charge in [0, 0.05) is 6.42 Å². The number of amides is 1. The van der Waals surface area contributed by atoms with Crippen molar-refractivity contribution < 1.29 is 24.5 Å². The molecule has 6 nitrogen and oxygen atoms in total. The lowest BCUT2D eigenvalue weighted by atomic mass is 10.0. The molecule has 0 bridgehead atoms. The average Bonchev–Trinajstić information content (AvgIpc) is 3.24. The minimum Gasteiger partial charge on any atom is -0.462 e. The van der Waals surface area contributed by atoms with E-state index in [4.69, 9.17) is 4.74 Å². The molecule has 0 spiro atoms. The lowest BCUT2D eigenvalue weighted by molar-refractivity contribution is -0.151. The maximum atomic E-state index is 13.2. The molecule has 0 aliphatic heterocycles. The molecular formula is C54H93NO5. The van der Waals surface area contributed by atoms with Gasteiger partial charge in [-0.05, 0) is 70.6 Å². The third-order valence-corrected chi connectivity index (χ3v) is 10.9. The van der Waals surface area contributed by atoms with Gasteiger partial charge in [0.25, 0.3) is 0 Å². The van der Waals surface area contributed by atoms with Gasteiger partial charge in [-0.15, -0.1) is 0 Å². The first-order valence-electron chi connectivity index (χ1n) is 24.9. The number of unbranched alkanes of at least 4 members (excludes halogenated alkanes) is 22. The van der Waals surface area contributed by atoms with Gasteiger partial charge in [0.1, 0.15) is 6.10 Å². The molecule has 0 aromatic rings. The number of allylic oxidation sites excluding steroid dienone is 14. The molecule has 0 saturated carbocycles. The summed E-state index contributed by atoms with van der Waals surface area (Å²) < 4.78 is 5.89. The third kappa shape index (κ3) is 41.8. The van der Waals surface area contributed by atoms with E-state index >= 15 is 0 Å². The Bertz CT molecular complexity index is 1160. The standard InChI is InChI=1S/C54H93NO5/c1-4-7-10-13-16-19-22-24-26-28-29-31-33-36-39-42-45-50(60-54(59)47-44-41-38-35-32-30-27-25-23-20-17-14-11-8-5-2)48-53(58)55-51(49-56)52(57)46-43-40-37-34-21-18-15-12-9-6-3/h8,11,14,17,20,23,25-32,50-52,56-57H,4-7,9-10,12-13,15-16,18-19,21-22,24,33-49H2,1-3H3,(H,55,58)/b11-8+,17-14+,23-20-,27-25-,28-26+,31-29+,32-30+. The molecule has 3 unspecified atom stereocenters. The van der Waals surface area contributed by atoms with Crippen LogP contribution in [0, 0.1) is 0 Å². The Morgan fingerprint density at radius 1 is 0.500 bits per heavy atom. The number of hydrogen-bond donors (Lipinski definition) is 3. The Balaban J connectivity index is 4.75. The molecular weight excluding hydrogens is 743 g/mol.